The third-order valence-electron chi connectivity index (χ3n) is 4.94. The third-order valence-corrected chi connectivity index (χ3v) is 4.94. The largest absolute Gasteiger partial charge is 0.342 e. The van der Waals surface area contributed by atoms with E-state index in [-0.39, 0.29) is 29.6 Å². The Labute approximate surface area is 161 Å². The number of likely N-dealkylation sites (tertiary alicyclic amines) is 1. The number of aromatic nitrogens is 3. The number of hydrogen-bond donors (Lipinski definition) is 1. The number of rotatable bonds is 4. The van der Waals surface area contributed by atoms with Gasteiger partial charge in [0, 0.05) is 43.0 Å². The number of H-pyrrole nitrogens is 1. The Kier molecular flexibility index (Phi) is 4.97. The molecule has 0 spiro atoms. The molecule has 1 amide bonds. The zero-order valence-electron chi connectivity index (χ0n) is 15.1. The van der Waals surface area contributed by atoms with E-state index in [4.69, 9.17) is 0 Å². The lowest BCUT2D eigenvalue weighted by Crippen LogP contribution is -2.30. The number of aromatic amines is 1. The Morgan fingerprint density at radius 1 is 1.18 bits per heavy atom. The van der Waals surface area contributed by atoms with E-state index >= 15 is 0 Å². The fraction of sp³-hybridized carbons (Fsp3) is 0.238. The van der Waals surface area contributed by atoms with Crippen LogP contribution in [0.2, 0.25) is 0 Å². The van der Waals surface area contributed by atoms with Gasteiger partial charge in [0.1, 0.15) is 11.6 Å². The fourth-order valence-electron chi connectivity index (χ4n) is 3.45. The summed E-state index contributed by atoms with van der Waals surface area (Å²) in [5.41, 5.74) is 2.04. The number of nitrogens with zero attached hydrogens (tertiary/aromatic N) is 3. The highest BCUT2D eigenvalue weighted by molar-refractivity contribution is 5.79. The van der Waals surface area contributed by atoms with E-state index in [0.29, 0.717) is 24.6 Å². The lowest BCUT2D eigenvalue weighted by atomic mass is 10.0. The summed E-state index contributed by atoms with van der Waals surface area (Å²) in [5.74, 6) is 0.192. The van der Waals surface area contributed by atoms with Crippen LogP contribution < -0.4 is 5.56 Å². The van der Waals surface area contributed by atoms with Crippen molar-refractivity contribution in [3.8, 4) is 11.4 Å². The van der Waals surface area contributed by atoms with Crippen molar-refractivity contribution in [1.82, 2.24) is 19.9 Å². The predicted octanol–water partition coefficient (Wildman–Crippen LogP) is 2.53. The van der Waals surface area contributed by atoms with Crippen LogP contribution in [0.15, 0.2) is 59.7 Å². The summed E-state index contributed by atoms with van der Waals surface area (Å²) in [7, 11) is 0. The van der Waals surface area contributed by atoms with E-state index in [0.717, 1.165) is 17.5 Å². The molecule has 0 saturated carbocycles. The van der Waals surface area contributed by atoms with Crippen LogP contribution in [-0.4, -0.2) is 38.8 Å². The highest BCUT2D eigenvalue weighted by Crippen LogP contribution is 2.26. The first-order valence-electron chi connectivity index (χ1n) is 9.12. The molecule has 1 aliphatic heterocycles. The van der Waals surface area contributed by atoms with Crippen LogP contribution in [0.1, 0.15) is 23.6 Å². The topological polar surface area (TPSA) is 79.0 Å². The van der Waals surface area contributed by atoms with Crippen LogP contribution in [0.5, 0.6) is 0 Å². The number of carbonyl (C=O) groups excluding carboxylic acids is 1. The highest BCUT2D eigenvalue weighted by atomic mass is 19.1. The maximum absolute atomic E-state index is 13.0. The summed E-state index contributed by atoms with van der Waals surface area (Å²) in [6, 6.07) is 11.0. The molecule has 1 aliphatic rings. The summed E-state index contributed by atoms with van der Waals surface area (Å²) in [4.78, 5) is 37.8. The Hall–Kier alpha value is -3.35. The number of hydrogen-bond acceptors (Lipinski definition) is 4. The average molecular weight is 378 g/mol. The molecule has 3 aromatic rings. The summed E-state index contributed by atoms with van der Waals surface area (Å²) in [6.07, 6.45) is 4.28. The molecule has 4 rings (SSSR count). The van der Waals surface area contributed by atoms with Crippen LogP contribution in [-0.2, 0) is 11.2 Å². The van der Waals surface area contributed by atoms with Gasteiger partial charge < -0.3 is 9.88 Å². The second-order valence-corrected chi connectivity index (χ2v) is 6.88. The van der Waals surface area contributed by atoms with Gasteiger partial charge in [-0.25, -0.2) is 9.37 Å². The highest BCUT2D eigenvalue weighted by Gasteiger charge is 2.28. The van der Waals surface area contributed by atoms with E-state index in [2.05, 4.69) is 15.0 Å². The predicted molar refractivity (Wildman–Crippen MR) is 102 cm³/mol. The minimum Gasteiger partial charge on any atom is -0.342 e. The summed E-state index contributed by atoms with van der Waals surface area (Å²) >= 11 is 0. The standard InChI is InChI=1S/C21H19FN4O2/c22-17-3-1-14(2-4-17)11-20(28)26-10-7-16(13-26)18-12-19(27)25-21(24-18)15-5-8-23-9-6-15/h1-6,8-9,12,16H,7,10-11,13H2,(H,24,25,27)/t16-/m0/s1. The van der Waals surface area contributed by atoms with E-state index < -0.39 is 0 Å². The Balaban J connectivity index is 1.48. The Morgan fingerprint density at radius 3 is 2.68 bits per heavy atom. The molecule has 0 aliphatic carbocycles. The molecule has 28 heavy (non-hydrogen) atoms. The lowest BCUT2D eigenvalue weighted by molar-refractivity contribution is -0.129. The summed E-state index contributed by atoms with van der Waals surface area (Å²) in [6.45, 7) is 1.13. The van der Waals surface area contributed by atoms with E-state index in [1.165, 1.54) is 18.2 Å². The molecule has 1 N–H and O–H groups in total. The van der Waals surface area contributed by atoms with Crippen molar-refractivity contribution in [2.75, 3.05) is 13.1 Å². The van der Waals surface area contributed by atoms with Gasteiger partial charge in [-0.2, -0.15) is 0 Å². The van der Waals surface area contributed by atoms with Gasteiger partial charge in [0.25, 0.3) is 5.56 Å². The summed E-state index contributed by atoms with van der Waals surface area (Å²) < 4.78 is 13.0. The molecule has 0 radical (unpaired) electrons. The molecule has 142 valence electrons. The number of nitrogens with one attached hydrogen (secondary N) is 1. The van der Waals surface area contributed by atoms with Gasteiger partial charge in [0.05, 0.1) is 12.1 Å². The SMILES string of the molecule is O=C(Cc1ccc(F)cc1)N1CC[C@H](c2cc(=O)[nH]c(-c3ccncc3)n2)C1. The smallest absolute Gasteiger partial charge is 0.251 e. The van der Waals surface area contributed by atoms with Crippen LogP contribution in [0.3, 0.4) is 0 Å². The van der Waals surface area contributed by atoms with Gasteiger partial charge in [0.15, 0.2) is 0 Å². The number of amides is 1. The monoisotopic (exact) mass is 378 g/mol. The number of halogens is 1. The van der Waals surface area contributed by atoms with Crippen molar-refractivity contribution in [3.05, 3.63) is 82.3 Å². The van der Waals surface area contributed by atoms with Crippen LogP contribution in [0.4, 0.5) is 4.39 Å². The number of pyridine rings is 1. The van der Waals surface area contributed by atoms with Gasteiger partial charge in [-0.1, -0.05) is 12.1 Å². The minimum absolute atomic E-state index is 0.00620. The van der Waals surface area contributed by atoms with Crippen molar-refractivity contribution in [2.45, 2.75) is 18.8 Å². The van der Waals surface area contributed by atoms with Gasteiger partial charge in [-0.15, -0.1) is 0 Å². The first kappa shape index (κ1) is 18.0. The quantitative estimate of drug-likeness (QED) is 0.757. The minimum atomic E-state index is -0.317. The van der Waals surface area contributed by atoms with Crippen molar-refractivity contribution < 1.29 is 9.18 Å². The zero-order chi connectivity index (χ0) is 19.5. The van der Waals surface area contributed by atoms with Crippen LogP contribution >= 0.6 is 0 Å². The zero-order valence-corrected chi connectivity index (χ0v) is 15.1. The normalized spacial score (nSPS) is 16.3. The van der Waals surface area contributed by atoms with E-state index in [1.807, 2.05) is 0 Å². The van der Waals surface area contributed by atoms with Crippen molar-refractivity contribution in [2.24, 2.45) is 0 Å². The average Bonchev–Trinajstić information content (AvgIpc) is 3.20. The summed E-state index contributed by atoms with van der Waals surface area (Å²) in [5, 5.41) is 0. The van der Waals surface area contributed by atoms with Gasteiger partial charge >= 0.3 is 0 Å². The molecule has 7 heteroatoms. The molecule has 2 aromatic heterocycles. The second kappa shape index (κ2) is 7.72. The molecule has 3 heterocycles. The molecule has 1 fully saturated rings. The maximum Gasteiger partial charge on any atom is 0.251 e. The van der Waals surface area contributed by atoms with Crippen molar-refractivity contribution in [1.29, 1.82) is 0 Å². The van der Waals surface area contributed by atoms with E-state index in [9.17, 15) is 14.0 Å². The molecular formula is C21H19FN4O2. The first-order chi connectivity index (χ1) is 13.6. The Morgan fingerprint density at radius 2 is 1.93 bits per heavy atom. The molecule has 0 bridgehead atoms. The van der Waals surface area contributed by atoms with Gasteiger partial charge in [-0.3, -0.25) is 14.6 Å². The van der Waals surface area contributed by atoms with Crippen molar-refractivity contribution in [3.63, 3.8) is 0 Å². The molecule has 1 atom stereocenters. The maximum atomic E-state index is 13.0. The molecule has 1 aromatic carbocycles. The first-order valence-corrected chi connectivity index (χ1v) is 9.12. The van der Waals surface area contributed by atoms with Crippen molar-refractivity contribution >= 4 is 5.91 Å². The number of carbonyl (C=O) groups is 1. The van der Waals surface area contributed by atoms with Crippen LogP contribution in [0, 0.1) is 5.82 Å². The molecule has 0 unspecified atom stereocenters. The Bertz CT molecular complexity index is 1030. The molecular weight excluding hydrogens is 359 g/mol. The third kappa shape index (κ3) is 3.98. The fourth-order valence-corrected chi connectivity index (χ4v) is 3.45. The van der Waals surface area contributed by atoms with Gasteiger partial charge in [-0.05, 0) is 36.2 Å². The number of benzene rings is 1. The van der Waals surface area contributed by atoms with Crippen LogP contribution in [0.25, 0.3) is 11.4 Å². The molecule has 1 saturated heterocycles. The van der Waals surface area contributed by atoms with Gasteiger partial charge in [0.2, 0.25) is 5.91 Å². The lowest BCUT2D eigenvalue weighted by Gasteiger charge is -2.16. The second-order valence-electron chi connectivity index (χ2n) is 6.88. The van der Waals surface area contributed by atoms with E-state index in [1.54, 1.807) is 41.6 Å². The molecule has 6 nitrogen and oxygen atoms in total.